The summed E-state index contributed by atoms with van der Waals surface area (Å²) in [7, 11) is 0. The molecule has 0 spiro atoms. The summed E-state index contributed by atoms with van der Waals surface area (Å²) in [6.07, 6.45) is 4.68. The summed E-state index contributed by atoms with van der Waals surface area (Å²) < 4.78 is 0. The lowest BCUT2D eigenvalue weighted by atomic mass is 9.98. The van der Waals surface area contributed by atoms with Gasteiger partial charge in [0.05, 0.1) is 0 Å². The van der Waals surface area contributed by atoms with Gasteiger partial charge in [-0.05, 0) is 182 Å². The molecule has 21 N–H and O–H groups in total. The maximum absolute atomic E-state index is 8.70. The first-order valence-corrected chi connectivity index (χ1v) is 23.6. The summed E-state index contributed by atoms with van der Waals surface area (Å²) in [4.78, 5) is 0. The molecule has 0 aromatic heterocycles. The van der Waals surface area contributed by atoms with Gasteiger partial charge in [0.25, 0.3) is 0 Å². The van der Waals surface area contributed by atoms with Crippen molar-refractivity contribution in [1.82, 2.24) is 37.2 Å². The van der Waals surface area contributed by atoms with Crippen LogP contribution < -0.4 is 37.2 Å². The molecule has 7 aliphatic heterocycles. The summed E-state index contributed by atoms with van der Waals surface area (Å²) in [5, 5.41) is 144. The van der Waals surface area contributed by atoms with E-state index in [1.807, 2.05) is 0 Å². The summed E-state index contributed by atoms with van der Waals surface area (Å²) in [6.45, 7) is 12.9. The van der Waals surface area contributed by atoms with E-state index in [4.69, 9.17) is 71.5 Å². The first kappa shape index (κ1) is 60.2. The van der Waals surface area contributed by atoms with Gasteiger partial charge in [-0.1, -0.05) is 0 Å². The van der Waals surface area contributed by atoms with Gasteiger partial charge in [0.15, 0.2) is 44.0 Å². The lowest BCUT2D eigenvalue weighted by Gasteiger charge is -2.23. The smallest absolute Gasteiger partial charge is 0.154 e. The van der Waals surface area contributed by atoms with E-state index in [1.165, 1.54) is 0 Å². The van der Waals surface area contributed by atoms with Crippen molar-refractivity contribution in [2.75, 3.05) is 91.6 Å². The molecule has 21 heteroatoms. The standard InChI is InChI=1S/7C6H13NO2/c7*8-6(9)5-1-3-7-4-2-5/h7*5-9H,1-4H2. The van der Waals surface area contributed by atoms with Crippen LogP contribution in [0.5, 0.6) is 0 Å². The Kier molecular flexibility index (Phi) is 36.5. The molecule has 7 saturated heterocycles. The molecule has 0 saturated carbocycles. The Bertz CT molecular complexity index is 770. The Morgan fingerprint density at radius 3 is 0.302 bits per heavy atom. The molecule has 0 unspecified atom stereocenters. The van der Waals surface area contributed by atoms with Crippen molar-refractivity contribution < 1.29 is 71.5 Å². The zero-order chi connectivity index (χ0) is 46.8. The molecule has 0 amide bonds. The molecule has 7 fully saturated rings. The van der Waals surface area contributed by atoms with Gasteiger partial charge in [-0.3, -0.25) is 0 Å². The average molecular weight is 918 g/mol. The van der Waals surface area contributed by atoms with Crippen LogP contribution in [0.4, 0.5) is 0 Å². The Balaban J connectivity index is 0.000000367. The molecule has 378 valence electrons. The lowest BCUT2D eigenvalue weighted by Crippen LogP contribution is -2.33. The maximum Gasteiger partial charge on any atom is 0.154 e. The van der Waals surface area contributed by atoms with Crippen LogP contribution in [-0.2, 0) is 0 Å². The lowest BCUT2D eigenvalue weighted by molar-refractivity contribution is -0.0912. The molecule has 21 nitrogen and oxygen atoms in total. The van der Waals surface area contributed by atoms with Crippen LogP contribution in [0, 0.1) is 41.4 Å². The molecular formula is C42H91N7O14. The molecular weight excluding hydrogens is 826 g/mol. The van der Waals surface area contributed by atoms with Gasteiger partial charge in [0, 0.05) is 41.4 Å². The average Bonchev–Trinajstić information content (AvgIpc) is 3.32. The van der Waals surface area contributed by atoms with E-state index in [-0.39, 0.29) is 41.4 Å². The topological polar surface area (TPSA) is 367 Å². The number of hydrogen-bond acceptors (Lipinski definition) is 21. The first-order valence-electron chi connectivity index (χ1n) is 23.6. The second kappa shape index (κ2) is 38.2. The summed E-state index contributed by atoms with van der Waals surface area (Å²) in [6, 6.07) is 0. The molecule has 0 aliphatic carbocycles. The van der Waals surface area contributed by atoms with Crippen LogP contribution in [0.1, 0.15) is 89.9 Å². The van der Waals surface area contributed by atoms with Gasteiger partial charge in [-0.25, -0.2) is 0 Å². The highest BCUT2D eigenvalue weighted by Gasteiger charge is 2.23. The van der Waals surface area contributed by atoms with E-state index >= 15 is 0 Å². The van der Waals surface area contributed by atoms with Crippen molar-refractivity contribution in [3.8, 4) is 0 Å². The van der Waals surface area contributed by atoms with Crippen LogP contribution in [0.2, 0.25) is 0 Å². The molecule has 63 heavy (non-hydrogen) atoms. The van der Waals surface area contributed by atoms with Gasteiger partial charge in [0.2, 0.25) is 0 Å². The normalized spacial score (nSPS) is 23.0. The zero-order valence-corrected chi connectivity index (χ0v) is 37.6. The number of aliphatic hydroxyl groups is 14. The largest absolute Gasteiger partial charge is 0.368 e. The van der Waals surface area contributed by atoms with Gasteiger partial charge < -0.3 is 109 Å². The third-order valence-electron chi connectivity index (χ3n) is 12.6. The summed E-state index contributed by atoms with van der Waals surface area (Å²) in [5.41, 5.74) is 0. The second-order valence-electron chi connectivity index (χ2n) is 17.5. The van der Waals surface area contributed by atoms with Crippen LogP contribution >= 0.6 is 0 Å². The Morgan fingerprint density at radius 1 is 0.175 bits per heavy atom. The maximum atomic E-state index is 8.70. The number of nitrogens with one attached hydrogen (secondary N) is 7. The molecule has 7 heterocycles. The van der Waals surface area contributed by atoms with Crippen LogP contribution in [-0.4, -0.2) is 207 Å². The fraction of sp³-hybridized carbons (Fsp3) is 1.00. The fourth-order valence-electron chi connectivity index (χ4n) is 8.00. The van der Waals surface area contributed by atoms with Gasteiger partial charge in [-0.2, -0.15) is 0 Å². The van der Waals surface area contributed by atoms with Gasteiger partial charge >= 0.3 is 0 Å². The minimum Gasteiger partial charge on any atom is -0.368 e. The molecule has 0 atom stereocenters. The highest BCUT2D eigenvalue weighted by molar-refractivity contribution is 4.73. The second-order valence-corrected chi connectivity index (χ2v) is 17.5. The van der Waals surface area contributed by atoms with E-state index < -0.39 is 44.0 Å². The summed E-state index contributed by atoms with van der Waals surface area (Å²) in [5.74, 6) is 0.721. The highest BCUT2D eigenvalue weighted by Crippen LogP contribution is 2.18. The van der Waals surface area contributed by atoms with Crippen LogP contribution in [0.25, 0.3) is 0 Å². The predicted molar refractivity (Wildman–Crippen MR) is 237 cm³/mol. The minimum atomic E-state index is -1.10. The summed E-state index contributed by atoms with van der Waals surface area (Å²) >= 11 is 0. The SMILES string of the molecule is OC(O)C1CCNCC1.OC(O)C1CCNCC1.OC(O)C1CCNCC1.OC(O)C1CCNCC1.OC(O)C1CCNCC1.OC(O)C1CCNCC1.OC(O)C1CCNCC1. The van der Waals surface area contributed by atoms with Crippen LogP contribution in [0.3, 0.4) is 0 Å². The van der Waals surface area contributed by atoms with Gasteiger partial charge in [0.1, 0.15) is 0 Å². The van der Waals surface area contributed by atoms with Gasteiger partial charge in [-0.15, -0.1) is 0 Å². The molecule has 0 radical (unpaired) electrons. The van der Waals surface area contributed by atoms with E-state index in [0.29, 0.717) is 0 Å². The van der Waals surface area contributed by atoms with Crippen molar-refractivity contribution in [3.05, 3.63) is 0 Å². The molecule has 0 aromatic carbocycles. The van der Waals surface area contributed by atoms with E-state index in [0.717, 1.165) is 182 Å². The monoisotopic (exact) mass is 918 g/mol. The number of hydrogen-bond donors (Lipinski definition) is 21. The number of piperidine rings is 7. The molecule has 0 aromatic rings. The number of aliphatic hydroxyl groups excluding tert-OH is 7. The van der Waals surface area contributed by atoms with Crippen molar-refractivity contribution in [1.29, 1.82) is 0 Å². The Hall–Kier alpha value is -0.840. The van der Waals surface area contributed by atoms with Crippen molar-refractivity contribution in [2.24, 2.45) is 41.4 Å². The Morgan fingerprint density at radius 2 is 0.254 bits per heavy atom. The van der Waals surface area contributed by atoms with E-state index in [1.54, 1.807) is 0 Å². The third kappa shape index (κ3) is 31.0. The third-order valence-corrected chi connectivity index (χ3v) is 12.6. The molecule has 7 aliphatic rings. The molecule has 0 bridgehead atoms. The minimum absolute atomic E-state index is 0.103. The van der Waals surface area contributed by atoms with Crippen molar-refractivity contribution in [2.45, 2.75) is 134 Å². The van der Waals surface area contributed by atoms with Crippen molar-refractivity contribution in [3.63, 3.8) is 0 Å². The first-order chi connectivity index (χ1) is 30.1. The van der Waals surface area contributed by atoms with E-state index in [2.05, 4.69) is 37.2 Å². The highest BCUT2D eigenvalue weighted by atomic mass is 16.5. The Labute approximate surface area is 375 Å². The van der Waals surface area contributed by atoms with Crippen LogP contribution in [0.15, 0.2) is 0 Å². The van der Waals surface area contributed by atoms with Crippen molar-refractivity contribution >= 4 is 0 Å². The number of rotatable bonds is 7. The fourth-order valence-corrected chi connectivity index (χ4v) is 8.00. The molecule has 7 rings (SSSR count). The predicted octanol–water partition coefficient (Wildman–Crippen LogP) is -4.92. The quantitative estimate of drug-likeness (QED) is 0.106. The zero-order valence-electron chi connectivity index (χ0n) is 37.6. The van der Waals surface area contributed by atoms with E-state index in [9.17, 15) is 0 Å².